The highest BCUT2D eigenvalue weighted by atomic mass is 79.9. The van der Waals surface area contributed by atoms with Crippen LogP contribution in [0.2, 0.25) is 0 Å². The lowest BCUT2D eigenvalue weighted by Gasteiger charge is -2.28. The molecule has 0 atom stereocenters. The summed E-state index contributed by atoms with van der Waals surface area (Å²) in [7, 11) is 2.07. The molecule has 1 fully saturated rings. The molecule has 2 rings (SSSR count). The smallest absolute Gasteiger partial charge is 0.273 e. The van der Waals surface area contributed by atoms with Crippen molar-refractivity contribution in [3.05, 3.63) is 32.5 Å². The molecule has 110 valence electrons. The van der Waals surface area contributed by atoms with E-state index in [0.29, 0.717) is 12.5 Å². The van der Waals surface area contributed by atoms with Crippen molar-refractivity contribution in [3.63, 3.8) is 0 Å². The Labute approximate surface area is 125 Å². The Morgan fingerprint density at radius 2 is 2.15 bits per heavy atom. The molecule has 0 saturated carbocycles. The highest BCUT2D eigenvalue weighted by molar-refractivity contribution is 9.10. The quantitative estimate of drug-likeness (QED) is 0.620. The lowest BCUT2D eigenvalue weighted by atomic mass is 9.98. The first kappa shape index (κ1) is 15.2. The van der Waals surface area contributed by atoms with E-state index in [1.807, 2.05) is 0 Å². The molecule has 0 N–H and O–H groups in total. The van der Waals surface area contributed by atoms with Gasteiger partial charge in [-0.1, -0.05) is 0 Å². The third-order valence-corrected chi connectivity index (χ3v) is 4.08. The molecular formula is C13H16BrFN2O3. The minimum atomic E-state index is -0.709. The lowest BCUT2D eigenvalue weighted by Crippen LogP contribution is -2.32. The molecule has 0 bridgehead atoms. The number of benzene rings is 1. The van der Waals surface area contributed by atoms with Crippen molar-refractivity contribution < 1.29 is 14.1 Å². The number of halogens is 2. The van der Waals surface area contributed by atoms with Crippen molar-refractivity contribution in [2.24, 2.45) is 5.92 Å². The van der Waals surface area contributed by atoms with E-state index in [9.17, 15) is 14.5 Å². The fraction of sp³-hybridized carbons (Fsp3) is 0.538. The molecule has 0 unspecified atom stereocenters. The highest BCUT2D eigenvalue weighted by Crippen LogP contribution is 2.33. The molecule has 1 heterocycles. The number of hydrogen-bond donors (Lipinski definition) is 0. The number of nitrogens with zero attached hydrogens (tertiary/aromatic N) is 2. The first-order valence-electron chi connectivity index (χ1n) is 6.42. The first-order valence-corrected chi connectivity index (χ1v) is 7.21. The van der Waals surface area contributed by atoms with Crippen LogP contribution >= 0.6 is 15.9 Å². The van der Waals surface area contributed by atoms with E-state index in [1.54, 1.807) is 0 Å². The van der Waals surface area contributed by atoms with E-state index < -0.39 is 10.7 Å². The van der Waals surface area contributed by atoms with Crippen molar-refractivity contribution in [2.75, 3.05) is 26.7 Å². The molecule has 0 aliphatic carbocycles. The maximum atomic E-state index is 13.8. The van der Waals surface area contributed by atoms with Crippen LogP contribution in [0.1, 0.15) is 12.8 Å². The standard InChI is InChI=1S/C13H16BrFN2O3/c1-16-4-2-9(3-5-16)8-20-13-11(14)6-10(17(18)19)7-12(13)15/h6-7,9H,2-5,8H2,1H3. The maximum absolute atomic E-state index is 13.8. The molecule has 0 amide bonds. The van der Waals surface area contributed by atoms with Gasteiger partial charge in [-0.3, -0.25) is 10.1 Å². The molecular weight excluding hydrogens is 331 g/mol. The highest BCUT2D eigenvalue weighted by Gasteiger charge is 2.20. The summed E-state index contributed by atoms with van der Waals surface area (Å²) in [6.45, 7) is 2.46. The van der Waals surface area contributed by atoms with Gasteiger partial charge in [0.25, 0.3) is 5.69 Å². The van der Waals surface area contributed by atoms with Crippen LogP contribution in [-0.4, -0.2) is 36.6 Å². The van der Waals surface area contributed by atoms with Gasteiger partial charge in [0.2, 0.25) is 0 Å². The van der Waals surface area contributed by atoms with Gasteiger partial charge in [-0.05, 0) is 54.8 Å². The summed E-state index contributed by atoms with van der Waals surface area (Å²) in [6.07, 6.45) is 2.03. The van der Waals surface area contributed by atoms with Gasteiger partial charge in [-0.15, -0.1) is 0 Å². The van der Waals surface area contributed by atoms with E-state index in [4.69, 9.17) is 4.74 Å². The van der Waals surface area contributed by atoms with Crippen molar-refractivity contribution in [1.29, 1.82) is 0 Å². The van der Waals surface area contributed by atoms with Crippen LogP contribution < -0.4 is 4.74 Å². The van der Waals surface area contributed by atoms with Crippen LogP contribution in [0.3, 0.4) is 0 Å². The van der Waals surface area contributed by atoms with E-state index >= 15 is 0 Å². The van der Waals surface area contributed by atoms with Crippen molar-refractivity contribution in [2.45, 2.75) is 12.8 Å². The number of likely N-dealkylation sites (tertiary alicyclic amines) is 1. The van der Waals surface area contributed by atoms with Gasteiger partial charge in [-0.25, -0.2) is 4.39 Å². The zero-order valence-electron chi connectivity index (χ0n) is 11.1. The van der Waals surface area contributed by atoms with Gasteiger partial charge >= 0.3 is 0 Å². The van der Waals surface area contributed by atoms with Gasteiger partial charge in [0, 0.05) is 6.07 Å². The number of piperidine rings is 1. The Kier molecular flexibility index (Phi) is 4.93. The van der Waals surface area contributed by atoms with E-state index in [1.165, 1.54) is 6.07 Å². The second-order valence-electron chi connectivity index (χ2n) is 5.05. The largest absolute Gasteiger partial charge is 0.489 e. The molecule has 0 spiro atoms. The molecule has 7 heteroatoms. The molecule has 20 heavy (non-hydrogen) atoms. The van der Waals surface area contributed by atoms with Crippen LogP contribution in [-0.2, 0) is 0 Å². The van der Waals surface area contributed by atoms with Crippen LogP contribution in [0.25, 0.3) is 0 Å². The van der Waals surface area contributed by atoms with Gasteiger partial charge in [-0.2, -0.15) is 0 Å². The minimum Gasteiger partial charge on any atom is -0.489 e. The lowest BCUT2D eigenvalue weighted by molar-refractivity contribution is -0.385. The third-order valence-electron chi connectivity index (χ3n) is 3.50. The topological polar surface area (TPSA) is 55.6 Å². The summed E-state index contributed by atoms with van der Waals surface area (Å²) < 4.78 is 19.6. The Morgan fingerprint density at radius 3 is 2.70 bits per heavy atom. The first-order chi connectivity index (χ1) is 9.47. The van der Waals surface area contributed by atoms with Gasteiger partial charge in [0.1, 0.15) is 0 Å². The molecule has 1 aromatic carbocycles. The predicted molar refractivity (Wildman–Crippen MR) is 76.5 cm³/mol. The average molecular weight is 347 g/mol. The summed E-state index contributed by atoms with van der Waals surface area (Å²) in [5.74, 6) is -0.263. The summed E-state index contributed by atoms with van der Waals surface area (Å²) >= 11 is 3.12. The SMILES string of the molecule is CN1CCC(COc2c(F)cc([N+](=O)[O-])cc2Br)CC1. The molecule has 5 nitrogen and oxygen atoms in total. The molecule has 0 aromatic heterocycles. The Hall–Kier alpha value is -1.21. The Bertz CT molecular complexity index is 481. The zero-order valence-corrected chi connectivity index (χ0v) is 12.7. The zero-order chi connectivity index (χ0) is 14.7. The number of ether oxygens (including phenoxy) is 1. The van der Waals surface area contributed by atoms with Crippen LogP contribution in [0.5, 0.6) is 5.75 Å². The predicted octanol–water partition coefficient (Wildman–Crippen LogP) is 3.22. The summed E-state index contributed by atoms with van der Waals surface area (Å²) in [5.41, 5.74) is -0.291. The van der Waals surface area contributed by atoms with Gasteiger partial charge in [0.15, 0.2) is 11.6 Å². The van der Waals surface area contributed by atoms with E-state index in [-0.39, 0.29) is 15.9 Å². The third kappa shape index (κ3) is 3.67. The molecule has 1 aliphatic heterocycles. The van der Waals surface area contributed by atoms with E-state index in [2.05, 4.69) is 27.9 Å². The van der Waals surface area contributed by atoms with Crippen LogP contribution in [0, 0.1) is 21.8 Å². The van der Waals surface area contributed by atoms with E-state index in [0.717, 1.165) is 32.0 Å². The number of rotatable bonds is 4. The number of non-ortho nitro benzene ring substituents is 1. The number of nitro groups is 1. The average Bonchev–Trinajstić information content (AvgIpc) is 2.39. The molecule has 0 radical (unpaired) electrons. The monoisotopic (exact) mass is 346 g/mol. The molecule has 1 saturated heterocycles. The Morgan fingerprint density at radius 1 is 1.50 bits per heavy atom. The fourth-order valence-electron chi connectivity index (χ4n) is 2.22. The minimum absolute atomic E-state index is 0.0505. The summed E-state index contributed by atoms with van der Waals surface area (Å²) in [4.78, 5) is 12.2. The second kappa shape index (κ2) is 6.49. The normalized spacial score (nSPS) is 17.1. The molecule has 1 aromatic rings. The fourth-order valence-corrected chi connectivity index (χ4v) is 2.76. The molecule has 1 aliphatic rings. The van der Waals surface area contributed by atoms with Crippen LogP contribution in [0.15, 0.2) is 16.6 Å². The maximum Gasteiger partial charge on any atom is 0.273 e. The van der Waals surface area contributed by atoms with Gasteiger partial charge in [0.05, 0.1) is 22.1 Å². The van der Waals surface area contributed by atoms with Crippen molar-refractivity contribution in [3.8, 4) is 5.75 Å². The summed E-state index contributed by atoms with van der Waals surface area (Å²) in [5, 5.41) is 10.6. The number of hydrogen-bond acceptors (Lipinski definition) is 4. The van der Waals surface area contributed by atoms with Gasteiger partial charge < -0.3 is 9.64 Å². The summed E-state index contributed by atoms with van der Waals surface area (Å²) in [6, 6.07) is 2.14. The second-order valence-corrected chi connectivity index (χ2v) is 5.91. The van der Waals surface area contributed by atoms with Crippen LogP contribution in [0.4, 0.5) is 10.1 Å². The van der Waals surface area contributed by atoms with Crippen molar-refractivity contribution >= 4 is 21.6 Å². The number of nitro benzene ring substituents is 1. The Balaban J connectivity index is 2.01. The van der Waals surface area contributed by atoms with Crippen molar-refractivity contribution in [1.82, 2.24) is 4.90 Å².